The van der Waals surface area contributed by atoms with Gasteiger partial charge in [0.1, 0.15) is 5.75 Å². The zero-order valence-electron chi connectivity index (χ0n) is 13.7. The molecule has 1 aromatic rings. The van der Waals surface area contributed by atoms with E-state index in [1.54, 1.807) is 18.9 Å². The molecule has 2 rings (SSSR count). The van der Waals surface area contributed by atoms with Crippen molar-refractivity contribution in [3.63, 3.8) is 0 Å². The molecule has 1 aromatic heterocycles. The summed E-state index contributed by atoms with van der Waals surface area (Å²) in [4.78, 5) is 37.7. The molecule has 1 saturated heterocycles. The van der Waals surface area contributed by atoms with Crippen molar-refractivity contribution in [3.05, 3.63) is 28.2 Å². The van der Waals surface area contributed by atoms with Gasteiger partial charge in [-0.25, -0.2) is 0 Å². The standard InChI is InChI=1S/C16H22N2O5/c1-4-23-16(21)11-5-7-18(8-6-11)15(20)12-10-17(2)14(19)9-13(12)22-3/h9-11H,4-8H2,1-3H3. The first-order valence-electron chi connectivity index (χ1n) is 7.68. The highest BCUT2D eigenvalue weighted by Crippen LogP contribution is 2.23. The molecule has 0 bridgehead atoms. The molecule has 23 heavy (non-hydrogen) atoms. The maximum atomic E-state index is 12.7. The van der Waals surface area contributed by atoms with Crippen LogP contribution in [0, 0.1) is 5.92 Å². The Bertz CT molecular complexity index is 644. The maximum Gasteiger partial charge on any atom is 0.309 e. The number of hydrogen-bond donors (Lipinski definition) is 0. The van der Waals surface area contributed by atoms with E-state index in [0.29, 0.717) is 38.1 Å². The number of amides is 1. The van der Waals surface area contributed by atoms with Crippen LogP contribution in [-0.4, -0.2) is 48.1 Å². The average Bonchev–Trinajstić information content (AvgIpc) is 2.56. The molecule has 0 atom stereocenters. The van der Waals surface area contributed by atoms with Crippen LogP contribution >= 0.6 is 0 Å². The molecular weight excluding hydrogens is 300 g/mol. The van der Waals surface area contributed by atoms with Gasteiger partial charge in [-0.2, -0.15) is 0 Å². The summed E-state index contributed by atoms with van der Waals surface area (Å²) in [5, 5.41) is 0. The molecule has 2 heterocycles. The van der Waals surface area contributed by atoms with Crippen LogP contribution in [0.15, 0.2) is 17.1 Å². The van der Waals surface area contributed by atoms with E-state index in [9.17, 15) is 14.4 Å². The van der Waals surface area contributed by atoms with E-state index >= 15 is 0 Å². The number of methoxy groups -OCH3 is 1. The summed E-state index contributed by atoms with van der Waals surface area (Å²) in [6, 6.07) is 1.30. The number of carbonyl (C=O) groups is 2. The smallest absolute Gasteiger partial charge is 0.309 e. The van der Waals surface area contributed by atoms with E-state index < -0.39 is 0 Å². The monoisotopic (exact) mass is 322 g/mol. The van der Waals surface area contributed by atoms with Crippen LogP contribution in [-0.2, 0) is 16.6 Å². The zero-order valence-corrected chi connectivity index (χ0v) is 13.7. The Labute approximate surface area is 134 Å². The van der Waals surface area contributed by atoms with Crippen LogP contribution in [0.25, 0.3) is 0 Å². The second kappa shape index (κ2) is 7.30. The third-order valence-corrected chi connectivity index (χ3v) is 4.04. The highest BCUT2D eigenvalue weighted by Gasteiger charge is 2.29. The summed E-state index contributed by atoms with van der Waals surface area (Å²) in [6.07, 6.45) is 2.65. The number of hydrogen-bond acceptors (Lipinski definition) is 5. The van der Waals surface area contributed by atoms with E-state index in [1.807, 2.05) is 0 Å². The first kappa shape index (κ1) is 17.1. The molecule has 0 N–H and O–H groups in total. The Kier molecular flexibility index (Phi) is 5.41. The minimum atomic E-state index is -0.237. The summed E-state index contributed by atoms with van der Waals surface area (Å²) >= 11 is 0. The molecule has 1 amide bonds. The lowest BCUT2D eigenvalue weighted by Crippen LogP contribution is -2.41. The number of piperidine rings is 1. The lowest BCUT2D eigenvalue weighted by Gasteiger charge is -2.31. The van der Waals surface area contributed by atoms with E-state index in [2.05, 4.69) is 0 Å². The number of nitrogens with zero attached hydrogens (tertiary/aromatic N) is 2. The summed E-state index contributed by atoms with van der Waals surface area (Å²) in [5.74, 6) is -0.273. The molecule has 0 radical (unpaired) electrons. The molecule has 0 aromatic carbocycles. The fourth-order valence-corrected chi connectivity index (χ4v) is 2.69. The van der Waals surface area contributed by atoms with E-state index in [4.69, 9.17) is 9.47 Å². The van der Waals surface area contributed by atoms with Crippen molar-refractivity contribution < 1.29 is 19.1 Å². The fourth-order valence-electron chi connectivity index (χ4n) is 2.69. The third kappa shape index (κ3) is 3.72. The van der Waals surface area contributed by atoms with Gasteiger partial charge in [0.25, 0.3) is 11.5 Å². The summed E-state index contributed by atoms with van der Waals surface area (Å²) in [7, 11) is 3.02. The minimum absolute atomic E-state index is 0.152. The lowest BCUT2D eigenvalue weighted by atomic mass is 9.96. The van der Waals surface area contributed by atoms with Crippen LogP contribution in [0.5, 0.6) is 5.75 Å². The molecule has 0 saturated carbocycles. The molecule has 1 fully saturated rings. The maximum absolute atomic E-state index is 12.7. The molecule has 0 spiro atoms. The number of carbonyl (C=O) groups excluding carboxylic acids is 2. The van der Waals surface area contributed by atoms with Crippen LogP contribution in [0.1, 0.15) is 30.1 Å². The highest BCUT2D eigenvalue weighted by atomic mass is 16.5. The molecule has 7 nitrogen and oxygen atoms in total. The molecule has 126 valence electrons. The lowest BCUT2D eigenvalue weighted by molar-refractivity contribution is -0.149. The fraction of sp³-hybridized carbons (Fsp3) is 0.562. The second-order valence-corrected chi connectivity index (χ2v) is 5.52. The van der Waals surface area contributed by atoms with Crippen molar-refractivity contribution in [2.24, 2.45) is 13.0 Å². The van der Waals surface area contributed by atoms with Gasteiger partial charge in [0.2, 0.25) is 0 Å². The van der Waals surface area contributed by atoms with Crippen molar-refractivity contribution in [3.8, 4) is 5.75 Å². The molecular formula is C16H22N2O5. The van der Waals surface area contributed by atoms with Gasteiger partial charge in [-0.3, -0.25) is 14.4 Å². The number of esters is 1. The Balaban J connectivity index is 2.10. The predicted molar refractivity (Wildman–Crippen MR) is 83.5 cm³/mol. The minimum Gasteiger partial charge on any atom is -0.496 e. The highest BCUT2D eigenvalue weighted by molar-refractivity contribution is 5.96. The van der Waals surface area contributed by atoms with E-state index in [1.165, 1.54) is 23.9 Å². The number of ether oxygens (including phenoxy) is 2. The third-order valence-electron chi connectivity index (χ3n) is 4.04. The molecule has 0 unspecified atom stereocenters. The van der Waals surface area contributed by atoms with Gasteiger partial charge in [-0.1, -0.05) is 0 Å². The Morgan fingerprint density at radius 2 is 1.96 bits per heavy atom. The van der Waals surface area contributed by atoms with Gasteiger partial charge < -0.3 is 18.9 Å². The largest absolute Gasteiger partial charge is 0.496 e. The topological polar surface area (TPSA) is 77.8 Å². The van der Waals surface area contributed by atoms with Crippen molar-refractivity contribution in [1.82, 2.24) is 9.47 Å². The first-order valence-corrected chi connectivity index (χ1v) is 7.68. The second-order valence-electron chi connectivity index (χ2n) is 5.52. The predicted octanol–water partition coefficient (Wildman–Crippen LogP) is 0.809. The van der Waals surface area contributed by atoms with Gasteiger partial charge in [0.05, 0.1) is 25.2 Å². The van der Waals surface area contributed by atoms with Crippen LogP contribution in [0.3, 0.4) is 0 Å². The number of aryl methyl sites for hydroxylation is 1. The zero-order chi connectivity index (χ0) is 17.0. The Morgan fingerprint density at radius 3 is 2.52 bits per heavy atom. The van der Waals surface area contributed by atoms with Crippen molar-refractivity contribution >= 4 is 11.9 Å². The number of pyridine rings is 1. The summed E-state index contributed by atoms with van der Waals surface area (Å²) < 4.78 is 11.5. The Morgan fingerprint density at radius 1 is 1.30 bits per heavy atom. The number of rotatable bonds is 4. The molecule has 0 aliphatic carbocycles. The molecule has 7 heteroatoms. The summed E-state index contributed by atoms with van der Waals surface area (Å²) in [5.41, 5.74) is 0.114. The van der Waals surface area contributed by atoms with Gasteiger partial charge in [0, 0.05) is 32.4 Å². The first-order chi connectivity index (χ1) is 11.0. The van der Waals surface area contributed by atoms with Gasteiger partial charge >= 0.3 is 5.97 Å². The quantitative estimate of drug-likeness (QED) is 0.767. The van der Waals surface area contributed by atoms with Gasteiger partial charge in [0.15, 0.2) is 0 Å². The molecule has 1 aliphatic heterocycles. The summed E-state index contributed by atoms with van der Waals surface area (Å²) in [6.45, 7) is 3.11. The Hall–Kier alpha value is -2.31. The number of likely N-dealkylation sites (tertiary alicyclic amines) is 1. The van der Waals surface area contributed by atoms with Gasteiger partial charge in [-0.15, -0.1) is 0 Å². The normalized spacial score (nSPS) is 15.3. The van der Waals surface area contributed by atoms with E-state index in [0.717, 1.165) is 0 Å². The van der Waals surface area contributed by atoms with Crippen molar-refractivity contribution in [1.29, 1.82) is 0 Å². The average molecular weight is 322 g/mol. The van der Waals surface area contributed by atoms with Crippen LogP contribution in [0.2, 0.25) is 0 Å². The number of aromatic nitrogens is 1. The van der Waals surface area contributed by atoms with Crippen LogP contribution < -0.4 is 10.3 Å². The molecule has 1 aliphatic rings. The van der Waals surface area contributed by atoms with Gasteiger partial charge in [-0.05, 0) is 19.8 Å². The van der Waals surface area contributed by atoms with Crippen molar-refractivity contribution in [2.75, 3.05) is 26.8 Å². The van der Waals surface area contributed by atoms with Crippen molar-refractivity contribution in [2.45, 2.75) is 19.8 Å². The van der Waals surface area contributed by atoms with E-state index in [-0.39, 0.29) is 29.1 Å². The SMILES string of the molecule is CCOC(=O)C1CCN(C(=O)c2cn(C)c(=O)cc2OC)CC1. The van der Waals surface area contributed by atoms with Crippen LogP contribution in [0.4, 0.5) is 0 Å².